The number of ether oxygens (including phenoxy) is 3. The average Bonchev–Trinajstić information content (AvgIpc) is 2.83. The molecule has 2 heterocycles. The summed E-state index contributed by atoms with van der Waals surface area (Å²) < 4.78 is 15.7. The van der Waals surface area contributed by atoms with Gasteiger partial charge in [0.05, 0.1) is 19.1 Å². The lowest BCUT2D eigenvalue weighted by Gasteiger charge is -2.33. The molecule has 0 spiro atoms. The molecule has 5 heteroatoms. The van der Waals surface area contributed by atoms with Gasteiger partial charge >= 0.3 is 0 Å². The molecule has 5 nitrogen and oxygen atoms in total. The SMILES string of the molecule is CC(Cc1ccc2c(c1)OCO2)N(C)C(=O)C1COC1. The van der Waals surface area contributed by atoms with Crippen molar-refractivity contribution in [3.8, 4) is 11.5 Å². The van der Waals surface area contributed by atoms with Gasteiger partial charge in [0.25, 0.3) is 0 Å². The number of rotatable bonds is 4. The third-order valence-electron chi connectivity index (χ3n) is 3.96. The first-order chi connectivity index (χ1) is 9.65. The molecule has 1 amide bonds. The fraction of sp³-hybridized carbons (Fsp3) is 0.533. The van der Waals surface area contributed by atoms with Crippen LogP contribution in [0.1, 0.15) is 12.5 Å². The Morgan fingerprint density at radius 3 is 2.80 bits per heavy atom. The van der Waals surface area contributed by atoms with Gasteiger partial charge in [-0.15, -0.1) is 0 Å². The van der Waals surface area contributed by atoms with Crippen LogP contribution in [0.5, 0.6) is 11.5 Å². The van der Waals surface area contributed by atoms with Crippen molar-refractivity contribution in [3.63, 3.8) is 0 Å². The fourth-order valence-electron chi connectivity index (χ4n) is 2.43. The number of carbonyl (C=O) groups excluding carboxylic acids is 1. The molecule has 1 aromatic rings. The molecule has 0 aromatic heterocycles. The van der Waals surface area contributed by atoms with Gasteiger partial charge in [0.1, 0.15) is 0 Å². The second kappa shape index (κ2) is 5.32. The zero-order chi connectivity index (χ0) is 14.1. The number of fused-ring (bicyclic) bond motifs is 1. The third-order valence-corrected chi connectivity index (χ3v) is 3.96. The van der Waals surface area contributed by atoms with Crippen LogP contribution in [0, 0.1) is 5.92 Å². The lowest BCUT2D eigenvalue weighted by Crippen LogP contribution is -2.46. The van der Waals surface area contributed by atoms with Gasteiger partial charge in [-0.2, -0.15) is 0 Å². The molecule has 0 radical (unpaired) electrons. The molecule has 0 saturated carbocycles. The highest BCUT2D eigenvalue weighted by molar-refractivity contribution is 5.79. The van der Waals surface area contributed by atoms with Crippen LogP contribution in [0.3, 0.4) is 0 Å². The fourth-order valence-corrected chi connectivity index (χ4v) is 2.43. The Labute approximate surface area is 118 Å². The molecule has 20 heavy (non-hydrogen) atoms. The lowest BCUT2D eigenvalue weighted by molar-refractivity contribution is -0.150. The largest absolute Gasteiger partial charge is 0.454 e. The van der Waals surface area contributed by atoms with Crippen LogP contribution in [-0.4, -0.2) is 43.9 Å². The van der Waals surface area contributed by atoms with Crippen LogP contribution in [0.4, 0.5) is 0 Å². The van der Waals surface area contributed by atoms with E-state index in [1.54, 1.807) is 0 Å². The first-order valence-electron chi connectivity index (χ1n) is 6.88. The number of carbonyl (C=O) groups is 1. The van der Waals surface area contributed by atoms with Crippen molar-refractivity contribution >= 4 is 5.91 Å². The summed E-state index contributed by atoms with van der Waals surface area (Å²) in [5.74, 6) is 1.79. The van der Waals surface area contributed by atoms with Crippen molar-refractivity contribution in [1.82, 2.24) is 4.90 Å². The Morgan fingerprint density at radius 2 is 2.10 bits per heavy atom. The topological polar surface area (TPSA) is 48.0 Å². The summed E-state index contributed by atoms with van der Waals surface area (Å²) in [7, 11) is 1.86. The Kier molecular flexibility index (Phi) is 3.53. The van der Waals surface area contributed by atoms with Crippen molar-refractivity contribution in [3.05, 3.63) is 23.8 Å². The van der Waals surface area contributed by atoms with Gasteiger partial charge in [0.15, 0.2) is 11.5 Å². The number of benzene rings is 1. The standard InChI is InChI=1S/C15H19NO4/c1-10(16(2)15(17)12-7-18-8-12)5-11-3-4-13-14(6-11)20-9-19-13/h3-4,6,10,12H,5,7-9H2,1-2H3. The predicted octanol–water partition coefficient (Wildman–Crippen LogP) is 1.45. The smallest absolute Gasteiger partial charge is 0.231 e. The maximum absolute atomic E-state index is 12.1. The molecule has 3 rings (SSSR count). The Bertz CT molecular complexity index is 513. The maximum Gasteiger partial charge on any atom is 0.231 e. The van der Waals surface area contributed by atoms with Gasteiger partial charge in [-0.05, 0) is 31.0 Å². The van der Waals surface area contributed by atoms with Gasteiger partial charge in [-0.1, -0.05) is 6.07 Å². The second-order valence-corrected chi connectivity index (χ2v) is 5.42. The third kappa shape index (κ3) is 2.45. The van der Waals surface area contributed by atoms with E-state index in [9.17, 15) is 4.79 Å². The number of hydrogen-bond acceptors (Lipinski definition) is 4. The molecule has 1 saturated heterocycles. The van der Waals surface area contributed by atoms with Gasteiger partial charge < -0.3 is 19.1 Å². The summed E-state index contributed by atoms with van der Waals surface area (Å²) >= 11 is 0. The van der Waals surface area contributed by atoms with Crippen molar-refractivity contribution in [2.24, 2.45) is 5.92 Å². The number of amides is 1. The van der Waals surface area contributed by atoms with E-state index >= 15 is 0 Å². The van der Waals surface area contributed by atoms with Crippen LogP contribution in [0.15, 0.2) is 18.2 Å². The summed E-state index contributed by atoms with van der Waals surface area (Å²) in [6, 6.07) is 6.08. The van der Waals surface area contributed by atoms with Crippen molar-refractivity contribution in [2.75, 3.05) is 27.1 Å². The minimum atomic E-state index is 0.0409. The van der Waals surface area contributed by atoms with E-state index in [0.717, 1.165) is 23.5 Å². The minimum Gasteiger partial charge on any atom is -0.454 e. The van der Waals surface area contributed by atoms with E-state index in [1.165, 1.54) is 0 Å². The molecule has 1 atom stereocenters. The van der Waals surface area contributed by atoms with E-state index in [0.29, 0.717) is 13.2 Å². The molecular weight excluding hydrogens is 258 g/mol. The molecule has 2 aliphatic heterocycles. The first kappa shape index (κ1) is 13.2. The second-order valence-electron chi connectivity index (χ2n) is 5.42. The molecule has 1 fully saturated rings. The van der Waals surface area contributed by atoms with Crippen LogP contribution in [0.2, 0.25) is 0 Å². The molecule has 0 N–H and O–H groups in total. The molecule has 1 unspecified atom stereocenters. The van der Waals surface area contributed by atoms with Gasteiger partial charge in [-0.3, -0.25) is 4.79 Å². The highest BCUT2D eigenvalue weighted by Crippen LogP contribution is 2.33. The van der Waals surface area contributed by atoms with E-state index in [2.05, 4.69) is 6.92 Å². The van der Waals surface area contributed by atoms with Crippen molar-refractivity contribution in [2.45, 2.75) is 19.4 Å². The summed E-state index contributed by atoms with van der Waals surface area (Å²) in [6.07, 6.45) is 0.798. The zero-order valence-corrected chi connectivity index (χ0v) is 11.8. The summed E-state index contributed by atoms with van der Waals surface area (Å²) in [5, 5.41) is 0. The molecular formula is C15H19NO4. The molecule has 0 bridgehead atoms. The van der Waals surface area contributed by atoms with Crippen molar-refractivity contribution < 1.29 is 19.0 Å². The van der Waals surface area contributed by atoms with E-state index < -0.39 is 0 Å². The van der Waals surface area contributed by atoms with Crippen LogP contribution < -0.4 is 9.47 Å². The summed E-state index contributed by atoms with van der Waals surface area (Å²) in [6.45, 7) is 3.45. The highest BCUT2D eigenvalue weighted by atomic mass is 16.7. The zero-order valence-electron chi connectivity index (χ0n) is 11.8. The number of nitrogens with zero attached hydrogens (tertiary/aromatic N) is 1. The molecule has 108 valence electrons. The van der Waals surface area contributed by atoms with Crippen LogP contribution >= 0.6 is 0 Å². The van der Waals surface area contributed by atoms with Gasteiger partial charge in [0, 0.05) is 13.1 Å². The van der Waals surface area contributed by atoms with Crippen molar-refractivity contribution in [1.29, 1.82) is 0 Å². The average molecular weight is 277 g/mol. The molecule has 0 aliphatic carbocycles. The van der Waals surface area contributed by atoms with Gasteiger partial charge in [0.2, 0.25) is 12.7 Å². The Balaban J connectivity index is 1.63. The van der Waals surface area contributed by atoms with E-state index in [-0.39, 0.29) is 24.7 Å². The Morgan fingerprint density at radius 1 is 1.35 bits per heavy atom. The quantitative estimate of drug-likeness (QED) is 0.836. The number of hydrogen-bond donors (Lipinski definition) is 0. The summed E-state index contributed by atoms with van der Waals surface area (Å²) in [5.41, 5.74) is 1.14. The highest BCUT2D eigenvalue weighted by Gasteiger charge is 2.30. The predicted molar refractivity (Wildman–Crippen MR) is 72.8 cm³/mol. The lowest BCUT2D eigenvalue weighted by atomic mass is 10.0. The Hall–Kier alpha value is -1.75. The first-order valence-corrected chi connectivity index (χ1v) is 6.88. The van der Waals surface area contributed by atoms with Crippen LogP contribution in [-0.2, 0) is 16.0 Å². The summed E-state index contributed by atoms with van der Waals surface area (Å²) in [4.78, 5) is 14.0. The maximum atomic E-state index is 12.1. The molecule has 1 aromatic carbocycles. The van der Waals surface area contributed by atoms with Gasteiger partial charge in [-0.25, -0.2) is 0 Å². The minimum absolute atomic E-state index is 0.0409. The van der Waals surface area contributed by atoms with Crippen LogP contribution in [0.25, 0.3) is 0 Å². The number of likely N-dealkylation sites (N-methyl/N-ethyl adjacent to an activating group) is 1. The monoisotopic (exact) mass is 277 g/mol. The molecule has 2 aliphatic rings. The normalized spacial score (nSPS) is 18.5. The van der Waals surface area contributed by atoms with E-state index in [1.807, 2.05) is 30.1 Å². The van der Waals surface area contributed by atoms with E-state index in [4.69, 9.17) is 14.2 Å².